The van der Waals surface area contributed by atoms with Gasteiger partial charge in [0.15, 0.2) is 0 Å². The van der Waals surface area contributed by atoms with Crippen LogP contribution in [0.5, 0.6) is 0 Å². The Balaban J connectivity index is 1.99. The number of aromatic nitrogens is 2. The first kappa shape index (κ1) is 16.1. The third kappa shape index (κ3) is 4.58. The molecule has 0 aromatic carbocycles. The van der Waals surface area contributed by atoms with E-state index in [9.17, 15) is 0 Å². The Bertz CT molecular complexity index is 454. The van der Waals surface area contributed by atoms with Crippen molar-refractivity contribution in [3.8, 4) is 0 Å². The Morgan fingerprint density at radius 3 is 2.48 bits per heavy atom. The van der Waals surface area contributed by atoms with E-state index >= 15 is 0 Å². The SMILES string of the molecule is CCCCCCC(C)Nc1nc(C2CC2)nc(NC)c1C. The van der Waals surface area contributed by atoms with Crippen molar-refractivity contribution in [1.29, 1.82) is 0 Å². The Morgan fingerprint density at radius 2 is 1.86 bits per heavy atom. The maximum absolute atomic E-state index is 4.77. The van der Waals surface area contributed by atoms with Crippen molar-refractivity contribution in [2.24, 2.45) is 0 Å². The molecule has 1 heterocycles. The number of hydrogen-bond donors (Lipinski definition) is 2. The van der Waals surface area contributed by atoms with Gasteiger partial charge in [0.25, 0.3) is 0 Å². The summed E-state index contributed by atoms with van der Waals surface area (Å²) in [7, 11) is 1.93. The molecule has 1 aliphatic carbocycles. The predicted octanol–water partition coefficient (Wildman–Crippen LogP) is 4.47. The first-order valence-corrected chi connectivity index (χ1v) is 8.48. The third-order valence-corrected chi connectivity index (χ3v) is 4.22. The molecule has 4 nitrogen and oxygen atoms in total. The lowest BCUT2D eigenvalue weighted by atomic mass is 10.1. The highest BCUT2D eigenvalue weighted by molar-refractivity contribution is 5.57. The van der Waals surface area contributed by atoms with E-state index in [1.807, 2.05) is 7.05 Å². The molecule has 21 heavy (non-hydrogen) atoms. The number of nitrogens with one attached hydrogen (secondary N) is 2. The second-order valence-electron chi connectivity index (χ2n) is 6.32. The van der Waals surface area contributed by atoms with Crippen molar-refractivity contribution >= 4 is 11.6 Å². The topological polar surface area (TPSA) is 49.8 Å². The summed E-state index contributed by atoms with van der Waals surface area (Å²) >= 11 is 0. The van der Waals surface area contributed by atoms with Gasteiger partial charge in [0.2, 0.25) is 0 Å². The Morgan fingerprint density at radius 1 is 1.14 bits per heavy atom. The van der Waals surface area contributed by atoms with Crippen LogP contribution in [0.3, 0.4) is 0 Å². The number of hydrogen-bond acceptors (Lipinski definition) is 4. The van der Waals surface area contributed by atoms with E-state index in [1.165, 1.54) is 44.9 Å². The van der Waals surface area contributed by atoms with E-state index in [2.05, 4.69) is 36.4 Å². The van der Waals surface area contributed by atoms with Gasteiger partial charge in [-0.05, 0) is 33.1 Å². The molecule has 0 radical (unpaired) electrons. The summed E-state index contributed by atoms with van der Waals surface area (Å²) in [6.07, 6.45) is 8.94. The van der Waals surface area contributed by atoms with Gasteiger partial charge in [-0.1, -0.05) is 32.6 Å². The molecule has 1 aromatic rings. The van der Waals surface area contributed by atoms with Gasteiger partial charge in [-0.3, -0.25) is 0 Å². The summed E-state index contributed by atoms with van der Waals surface area (Å²) in [4.78, 5) is 9.41. The molecule has 1 aromatic heterocycles. The van der Waals surface area contributed by atoms with Crippen LogP contribution in [-0.4, -0.2) is 23.1 Å². The molecule has 2 rings (SSSR count). The largest absolute Gasteiger partial charge is 0.373 e. The molecular formula is C17H30N4. The first-order chi connectivity index (χ1) is 10.2. The van der Waals surface area contributed by atoms with Crippen LogP contribution < -0.4 is 10.6 Å². The van der Waals surface area contributed by atoms with E-state index < -0.39 is 0 Å². The molecule has 1 saturated carbocycles. The highest BCUT2D eigenvalue weighted by Crippen LogP contribution is 2.39. The number of anilines is 2. The van der Waals surface area contributed by atoms with Crippen LogP contribution >= 0.6 is 0 Å². The minimum Gasteiger partial charge on any atom is -0.373 e. The lowest BCUT2D eigenvalue weighted by molar-refractivity contribution is 0.592. The minimum absolute atomic E-state index is 0.465. The maximum Gasteiger partial charge on any atom is 0.136 e. The Hall–Kier alpha value is -1.32. The summed E-state index contributed by atoms with van der Waals surface area (Å²) in [5.41, 5.74) is 1.13. The summed E-state index contributed by atoms with van der Waals surface area (Å²) in [6.45, 7) is 6.60. The maximum atomic E-state index is 4.77. The van der Waals surface area contributed by atoms with Crippen molar-refractivity contribution in [3.05, 3.63) is 11.4 Å². The van der Waals surface area contributed by atoms with Gasteiger partial charge in [0.05, 0.1) is 0 Å². The normalized spacial score (nSPS) is 15.8. The average molecular weight is 290 g/mol. The summed E-state index contributed by atoms with van der Waals surface area (Å²) in [5, 5.41) is 6.79. The first-order valence-electron chi connectivity index (χ1n) is 8.48. The van der Waals surface area contributed by atoms with Crippen LogP contribution in [0.4, 0.5) is 11.6 Å². The lowest BCUT2D eigenvalue weighted by Crippen LogP contribution is -2.18. The smallest absolute Gasteiger partial charge is 0.136 e. The van der Waals surface area contributed by atoms with Crippen LogP contribution in [-0.2, 0) is 0 Å². The Kier molecular flexibility index (Phi) is 5.83. The van der Waals surface area contributed by atoms with Crippen LogP contribution in [0.1, 0.15) is 76.1 Å². The zero-order chi connectivity index (χ0) is 15.2. The molecule has 0 bridgehead atoms. The van der Waals surface area contributed by atoms with Crippen LogP contribution in [0.25, 0.3) is 0 Å². The predicted molar refractivity (Wildman–Crippen MR) is 90.1 cm³/mol. The van der Waals surface area contributed by atoms with Crippen molar-refractivity contribution in [1.82, 2.24) is 9.97 Å². The second-order valence-corrected chi connectivity index (χ2v) is 6.32. The van der Waals surface area contributed by atoms with Gasteiger partial charge in [0, 0.05) is 24.6 Å². The molecule has 1 unspecified atom stereocenters. The molecule has 2 N–H and O–H groups in total. The third-order valence-electron chi connectivity index (χ3n) is 4.22. The quantitative estimate of drug-likeness (QED) is 0.659. The summed E-state index contributed by atoms with van der Waals surface area (Å²) in [6, 6.07) is 0.465. The fourth-order valence-electron chi connectivity index (χ4n) is 2.62. The van der Waals surface area contributed by atoms with E-state index in [1.54, 1.807) is 0 Å². The molecule has 118 valence electrons. The molecule has 4 heteroatoms. The van der Waals surface area contributed by atoms with E-state index in [0.717, 1.165) is 23.0 Å². The van der Waals surface area contributed by atoms with Crippen molar-refractivity contribution in [2.45, 2.75) is 77.7 Å². The number of rotatable bonds is 9. The highest BCUT2D eigenvalue weighted by Gasteiger charge is 2.28. The zero-order valence-electron chi connectivity index (χ0n) is 14.0. The summed E-state index contributed by atoms with van der Waals surface area (Å²) in [5.74, 6) is 3.57. The van der Waals surface area contributed by atoms with Gasteiger partial charge in [-0.2, -0.15) is 0 Å². The minimum atomic E-state index is 0.465. The Labute approximate surface area is 129 Å². The zero-order valence-corrected chi connectivity index (χ0v) is 14.0. The molecular weight excluding hydrogens is 260 g/mol. The van der Waals surface area contributed by atoms with Crippen molar-refractivity contribution in [2.75, 3.05) is 17.7 Å². The second kappa shape index (κ2) is 7.62. The fourth-order valence-corrected chi connectivity index (χ4v) is 2.62. The average Bonchev–Trinajstić information content (AvgIpc) is 3.30. The fraction of sp³-hybridized carbons (Fsp3) is 0.765. The molecule has 1 atom stereocenters. The summed E-state index contributed by atoms with van der Waals surface area (Å²) < 4.78 is 0. The van der Waals surface area contributed by atoms with Crippen LogP contribution in [0.15, 0.2) is 0 Å². The van der Waals surface area contributed by atoms with E-state index in [-0.39, 0.29) is 0 Å². The standard InChI is InChI=1S/C17H30N4/c1-5-6-7-8-9-12(2)19-16-13(3)15(18-4)20-17(21-16)14-10-11-14/h12,14H,5-11H2,1-4H3,(H2,18,19,20,21). The van der Waals surface area contributed by atoms with E-state index in [4.69, 9.17) is 4.98 Å². The van der Waals surface area contributed by atoms with Gasteiger partial charge >= 0.3 is 0 Å². The van der Waals surface area contributed by atoms with Gasteiger partial charge in [0.1, 0.15) is 17.5 Å². The van der Waals surface area contributed by atoms with Crippen molar-refractivity contribution in [3.63, 3.8) is 0 Å². The number of unbranched alkanes of at least 4 members (excludes halogenated alkanes) is 3. The molecule has 0 aliphatic heterocycles. The molecule has 0 saturated heterocycles. The molecule has 0 amide bonds. The number of nitrogens with zero attached hydrogens (tertiary/aromatic N) is 2. The monoisotopic (exact) mass is 290 g/mol. The van der Waals surface area contributed by atoms with Gasteiger partial charge < -0.3 is 10.6 Å². The van der Waals surface area contributed by atoms with E-state index in [0.29, 0.717) is 12.0 Å². The van der Waals surface area contributed by atoms with Crippen LogP contribution in [0.2, 0.25) is 0 Å². The van der Waals surface area contributed by atoms with Crippen LogP contribution in [0, 0.1) is 6.92 Å². The van der Waals surface area contributed by atoms with Gasteiger partial charge in [-0.25, -0.2) is 9.97 Å². The lowest BCUT2D eigenvalue weighted by Gasteiger charge is -2.18. The van der Waals surface area contributed by atoms with Gasteiger partial charge in [-0.15, -0.1) is 0 Å². The molecule has 0 spiro atoms. The molecule has 1 aliphatic rings. The highest BCUT2D eigenvalue weighted by atomic mass is 15.1. The van der Waals surface area contributed by atoms with Crippen molar-refractivity contribution < 1.29 is 0 Å². The molecule has 1 fully saturated rings.